The van der Waals surface area contributed by atoms with Gasteiger partial charge in [0.05, 0.1) is 4.21 Å². The molecule has 1 N–H and O–H groups in total. The summed E-state index contributed by atoms with van der Waals surface area (Å²) in [4.78, 5) is 1.35. The van der Waals surface area contributed by atoms with E-state index in [-0.39, 0.29) is 0 Å². The summed E-state index contributed by atoms with van der Waals surface area (Å²) in [6, 6.07) is 13.3. The quantitative estimate of drug-likeness (QED) is 0.848. The zero-order valence-corrected chi connectivity index (χ0v) is 11.8. The van der Waals surface area contributed by atoms with Gasteiger partial charge in [0, 0.05) is 10.9 Å². The lowest BCUT2D eigenvalue weighted by atomic mass is 10.1. The van der Waals surface area contributed by atoms with Crippen molar-refractivity contribution in [3.05, 3.63) is 47.3 Å². The van der Waals surface area contributed by atoms with Crippen molar-refractivity contribution in [1.82, 2.24) is 5.32 Å². The molecule has 0 spiro atoms. The lowest BCUT2D eigenvalue weighted by Gasteiger charge is -2.16. The normalized spacial score (nSPS) is 12.6. The molecule has 0 radical (unpaired) electrons. The van der Waals surface area contributed by atoms with Crippen molar-refractivity contribution in [2.24, 2.45) is 0 Å². The highest BCUT2D eigenvalue weighted by Crippen LogP contribution is 2.35. The zero-order valence-electron chi connectivity index (χ0n) is 10.1. The molecule has 1 unspecified atom stereocenters. The van der Waals surface area contributed by atoms with Crippen LogP contribution in [0.5, 0.6) is 0 Å². The van der Waals surface area contributed by atoms with Gasteiger partial charge in [0.2, 0.25) is 0 Å². The summed E-state index contributed by atoms with van der Waals surface area (Å²) >= 11 is 3.65. The fourth-order valence-electron chi connectivity index (χ4n) is 1.78. The van der Waals surface area contributed by atoms with Gasteiger partial charge in [-0.3, -0.25) is 0 Å². The molecule has 0 saturated carbocycles. The van der Waals surface area contributed by atoms with Gasteiger partial charge < -0.3 is 5.32 Å². The highest BCUT2D eigenvalue weighted by Gasteiger charge is 2.10. The van der Waals surface area contributed by atoms with Gasteiger partial charge >= 0.3 is 0 Å². The van der Waals surface area contributed by atoms with Crippen molar-refractivity contribution in [3.8, 4) is 0 Å². The minimum atomic E-state index is 0.406. The second-order valence-corrected chi connectivity index (χ2v) is 6.14. The van der Waals surface area contributed by atoms with Crippen molar-refractivity contribution in [3.63, 3.8) is 0 Å². The van der Waals surface area contributed by atoms with Crippen LogP contribution in [0.25, 0.3) is 0 Å². The van der Waals surface area contributed by atoms with E-state index in [0.29, 0.717) is 6.04 Å². The lowest BCUT2D eigenvalue weighted by Crippen LogP contribution is -2.18. The van der Waals surface area contributed by atoms with Crippen LogP contribution in [0.15, 0.2) is 50.9 Å². The molecule has 0 aliphatic rings. The van der Waals surface area contributed by atoms with E-state index in [2.05, 4.69) is 60.9 Å². The highest BCUT2D eigenvalue weighted by molar-refractivity contribution is 8.01. The highest BCUT2D eigenvalue weighted by atomic mass is 32.2. The zero-order chi connectivity index (χ0) is 12.1. The predicted molar refractivity (Wildman–Crippen MR) is 77.0 cm³/mol. The molecule has 1 atom stereocenters. The smallest absolute Gasteiger partial charge is 0.0646 e. The van der Waals surface area contributed by atoms with Crippen molar-refractivity contribution in [2.75, 3.05) is 6.54 Å². The van der Waals surface area contributed by atoms with Gasteiger partial charge in [0.15, 0.2) is 0 Å². The first-order valence-corrected chi connectivity index (χ1v) is 7.54. The second kappa shape index (κ2) is 6.24. The molecule has 90 valence electrons. The maximum absolute atomic E-state index is 3.47. The first kappa shape index (κ1) is 12.7. The van der Waals surface area contributed by atoms with Gasteiger partial charge in [0.25, 0.3) is 0 Å². The average Bonchev–Trinajstić information content (AvgIpc) is 2.83. The molecule has 1 aromatic carbocycles. The van der Waals surface area contributed by atoms with E-state index in [1.54, 1.807) is 11.3 Å². The molecule has 0 fully saturated rings. The summed E-state index contributed by atoms with van der Waals surface area (Å²) in [6.07, 6.45) is 0. The predicted octanol–water partition coefficient (Wildman–Crippen LogP) is 4.57. The molecule has 3 heteroatoms. The molecule has 1 aromatic heterocycles. The molecule has 0 saturated heterocycles. The van der Waals surface area contributed by atoms with Crippen LogP contribution in [0.4, 0.5) is 0 Å². The van der Waals surface area contributed by atoms with E-state index in [9.17, 15) is 0 Å². The molecule has 0 aliphatic carbocycles. The van der Waals surface area contributed by atoms with E-state index in [1.165, 1.54) is 14.7 Å². The number of hydrogen-bond donors (Lipinski definition) is 1. The van der Waals surface area contributed by atoms with Crippen LogP contribution in [0.3, 0.4) is 0 Å². The van der Waals surface area contributed by atoms with Crippen LogP contribution in [0.2, 0.25) is 0 Å². The molecular formula is C14H17NS2. The maximum Gasteiger partial charge on any atom is 0.0646 e. The molecule has 0 bridgehead atoms. The van der Waals surface area contributed by atoms with Crippen LogP contribution in [0.1, 0.15) is 25.5 Å². The standard InChI is InChI=1S/C14H17NS2/c1-3-15-11(2)12-7-4-5-8-13(12)17-14-9-6-10-16-14/h4-11,15H,3H2,1-2H3. The van der Waals surface area contributed by atoms with Crippen LogP contribution < -0.4 is 5.32 Å². The summed E-state index contributed by atoms with van der Waals surface area (Å²) in [5.41, 5.74) is 1.38. The number of hydrogen-bond acceptors (Lipinski definition) is 3. The Morgan fingerprint density at radius 3 is 2.76 bits per heavy atom. The molecule has 17 heavy (non-hydrogen) atoms. The van der Waals surface area contributed by atoms with Gasteiger partial charge in [0.1, 0.15) is 0 Å². The fourth-order valence-corrected chi connectivity index (χ4v) is 3.73. The molecule has 1 nitrogen and oxygen atoms in total. The third-order valence-electron chi connectivity index (χ3n) is 2.60. The first-order chi connectivity index (χ1) is 8.31. The average molecular weight is 263 g/mol. The summed E-state index contributed by atoms with van der Waals surface area (Å²) in [6.45, 7) is 5.36. The van der Waals surface area contributed by atoms with E-state index >= 15 is 0 Å². The van der Waals surface area contributed by atoms with E-state index in [4.69, 9.17) is 0 Å². The van der Waals surface area contributed by atoms with Gasteiger partial charge in [-0.15, -0.1) is 11.3 Å². The van der Waals surface area contributed by atoms with E-state index < -0.39 is 0 Å². The monoisotopic (exact) mass is 263 g/mol. The number of rotatable bonds is 5. The van der Waals surface area contributed by atoms with Gasteiger partial charge in [-0.25, -0.2) is 0 Å². The third-order valence-corrected chi connectivity index (χ3v) is 4.73. The summed E-state index contributed by atoms with van der Waals surface area (Å²) < 4.78 is 1.35. The second-order valence-electron chi connectivity index (χ2n) is 3.85. The summed E-state index contributed by atoms with van der Waals surface area (Å²) in [5, 5.41) is 5.60. The Hall–Kier alpha value is -0.770. The third kappa shape index (κ3) is 3.35. The molecule has 0 amide bonds. The Bertz CT molecular complexity index is 451. The molecule has 1 heterocycles. The SMILES string of the molecule is CCNC(C)c1ccccc1Sc1cccs1. The van der Waals surface area contributed by atoms with Gasteiger partial charge in [-0.2, -0.15) is 0 Å². The largest absolute Gasteiger partial charge is 0.310 e. The lowest BCUT2D eigenvalue weighted by molar-refractivity contribution is 0.590. The van der Waals surface area contributed by atoms with Gasteiger partial charge in [-0.1, -0.05) is 43.0 Å². The molecule has 2 aromatic rings. The summed E-state index contributed by atoms with van der Waals surface area (Å²) in [7, 11) is 0. The molecule has 2 rings (SSSR count). The topological polar surface area (TPSA) is 12.0 Å². The Kier molecular flexibility index (Phi) is 4.66. The molecular weight excluding hydrogens is 246 g/mol. The van der Waals surface area contributed by atoms with Crippen molar-refractivity contribution in [1.29, 1.82) is 0 Å². The van der Waals surface area contributed by atoms with Gasteiger partial charge in [-0.05, 0) is 36.5 Å². The van der Waals surface area contributed by atoms with Crippen molar-refractivity contribution in [2.45, 2.75) is 29.0 Å². The number of thiophene rings is 1. The van der Waals surface area contributed by atoms with Crippen LogP contribution in [-0.2, 0) is 0 Å². The number of nitrogens with one attached hydrogen (secondary N) is 1. The Morgan fingerprint density at radius 2 is 2.06 bits per heavy atom. The van der Waals surface area contributed by atoms with Crippen molar-refractivity contribution >= 4 is 23.1 Å². The Labute approximate surface area is 111 Å². The van der Waals surface area contributed by atoms with Crippen LogP contribution in [0, 0.1) is 0 Å². The molecule has 0 aliphatic heterocycles. The Balaban J connectivity index is 2.21. The minimum Gasteiger partial charge on any atom is -0.310 e. The van der Waals surface area contributed by atoms with Crippen molar-refractivity contribution < 1.29 is 0 Å². The number of benzene rings is 1. The van der Waals surface area contributed by atoms with E-state index in [1.807, 2.05) is 11.8 Å². The summed E-state index contributed by atoms with van der Waals surface area (Å²) in [5.74, 6) is 0. The Morgan fingerprint density at radius 1 is 1.24 bits per heavy atom. The minimum absolute atomic E-state index is 0.406. The maximum atomic E-state index is 3.47. The fraction of sp³-hybridized carbons (Fsp3) is 0.286. The first-order valence-electron chi connectivity index (χ1n) is 5.85. The van der Waals surface area contributed by atoms with E-state index in [0.717, 1.165) is 6.54 Å². The van der Waals surface area contributed by atoms with Crippen LogP contribution >= 0.6 is 23.1 Å². The van der Waals surface area contributed by atoms with Crippen LogP contribution in [-0.4, -0.2) is 6.54 Å².